The molecule has 0 aliphatic heterocycles. The lowest BCUT2D eigenvalue weighted by Gasteiger charge is -2.02. The van der Waals surface area contributed by atoms with Crippen molar-refractivity contribution in [3.05, 3.63) is 42.2 Å². The van der Waals surface area contributed by atoms with Gasteiger partial charge in [0.05, 0.1) is 0 Å². The van der Waals surface area contributed by atoms with Crippen LogP contribution in [0.15, 0.2) is 36.5 Å². The van der Waals surface area contributed by atoms with Gasteiger partial charge in [0, 0.05) is 11.7 Å². The van der Waals surface area contributed by atoms with Crippen LogP contribution in [0, 0.1) is 0 Å². The fourth-order valence-corrected chi connectivity index (χ4v) is 1.43. The molecule has 2 aromatic rings. The molecule has 0 aliphatic rings. The maximum Gasteiger partial charge on any atom is 0.355 e. The number of carbonyl (C=O) groups excluding carboxylic acids is 1. The van der Waals surface area contributed by atoms with Gasteiger partial charge in [-0.1, -0.05) is 6.07 Å². The summed E-state index contributed by atoms with van der Waals surface area (Å²) in [4.78, 5) is 11.5. The van der Waals surface area contributed by atoms with Gasteiger partial charge in [-0.15, -0.1) is 0 Å². The molecule has 0 N–H and O–H groups in total. The SMILES string of the molecule is O=C(OCCF)c1ccc2ccccn12. The summed E-state index contributed by atoms with van der Waals surface area (Å²) in [7, 11) is 0. The Labute approximate surface area is 86.1 Å². The molecule has 0 saturated heterocycles. The smallest absolute Gasteiger partial charge is 0.355 e. The second-order valence-corrected chi connectivity index (χ2v) is 3.04. The average Bonchev–Trinajstić information content (AvgIpc) is 2.69. The molecule has 0 saturated carbocycles. The number of esters is 1. The summed E-state index contributed by atoms with van der Waals surface area (Å²) < 4.78 is 18.2. The van der Waals surface area contributed by atoms with Crippen LogP contribution in [0.25, 0.3) is 5.52 Å². The normalized spacial score (nSPS) is 10.5. The maximum absolute atomic E-state index is 11.8. The summed E-state index contributed by atoms with van der Waals surface area (Å²) in [6.45, 7) is -0.853. The predicted octanol–water partition coefficient (Wildman–Crippen LogP) is 2.07. The van der Waals surface area contributed by atoms with Crippen molar-refractivity contribution in [1.29, 1.82) is 0 Å². The third kappa shape index (κ3) is 1.83. The lowest BCUT2D eigenvalue weighted by atomic mass is 10.4. The number of pyridine rings is 1. The molecule has 2 rings (SSSR count). The Kier molecular flexibility index (Phi) is 2.67. The second kappa shape index (κ2) is 4.13. The topological polar surface area (TPSA) is 30.7 Å². The van der Waals surface area contributed by atoms with Crippen molar-refractivity contribution in [3.8, 4) is 0 Å². The van der Waals surface area contributed by atoms with E-state index < -0.39 is 12.6 Å². The van der Waals surface area contributed by atoms with Gasteiger partial charge in [0.1, 0.15) is 19.0 Å². The van der Waals surface area contributed by atoms with E-state index in [0.29, 0.717) is 5.69 Å². The fraction of sp³-hybridized carbons (Fsp3) is 0.182. The van der Waals surface area contributed by atoms with E-state index in [2.05, 4.69) is 0 Å². The average molecular weight is 207 g/mol. The van der Waals surface area contributed by atoms with Crippen LogP contribution in [-0.2, 0) is 4.74 Å². The first-order valence-corrected chi connectivity index (χ1v) is 4.62. The number of carbonyl (C=O) groups is 1. The van der Waals surface area contributed by atoms with E-state index >= 15 is 0 Å². The van der Waals surface area contributed by atoms with E-state index in [0.717, 1.165) is 5.52 Å². The molecule has 0 spiro atoms. The molecule has 0 fully saturated rings. The zero-order valence-electron chi connectivity index (χ0n) is 8.02. The van der Waals surface area contributed by atoms with E-state index in [4.69, 9.17) is 4.74 Å². The number of hydrogen-bond acceptors (Lipinski definition) is 2. The minimum atomic E-state index is -0.658. The van der Waals surface area contributed by atoms with Gasteiger partial charge in [0.15, 0.2) is 0 Å². The molecular formula is C11H10FNO2. The third-order valence-electron chi connectivity index (χ3n) is 2.08. The zero-order chi connectivity index (χ0) is 10.7. The molecule has 4 heteroatoms. The monoisotopic (exact) mass is 207 g/mol. The second-order valence-electron chi connectivity index (χ2n) is 3.04. The standard InChI is InChI=1S/C11H10FNO2/c12-6-8-15-11(14)10-5-4-9-3-1-2-7-13(9)10/h1-5,7H,6,8H2. The Morgan fingerprint density at radius 3 is 3.00 bits per heavy atom. The fourth-order valence-electron chi connectivity index (χ4n) is 1.43. The van der Waals surface area contributed by atoms with Gasteiger partial charge in [-0.3, -0.25) is 0 Å². The van der Waals surface area contributed by atoms with E-state index in [9.17, 15) is 9.18 Å². The molecule has 0 atom stereocenters. The molecular weight excluding hydrogens is 197 g/mol. The van der Waals surface area contributed by atoms with Gasteiger partial charge >= 0.3 is 5.97 Å². The first kappa shape index (κ1) is 9.71. The zero-order valence-corrected chi connectivity index (χ0v) is 8.02. The van der Waals surface area contributed by atoms with Crippen LogP contribution in [0.1, 0.15) is 10.5 Å². The summed E-state index contributed by atoms with van der Waals surface area (Å²) in [5, 5.41) is 0. The van der Waals surface area contributed by atoms with Crippen molar-refractivity contribution in [2.24, 2.45) is 0 Å². The Balaban J connectivity index is 2.31. The molecule has 15 heavy (non-hydrogen) atoms. The molecule has 0 aromatic carbocycles. The number of hydrogen-bond donors (Lipinski definition) is 0. The minimum Gasteiger partial charge on any atom is -0.458 e. The molecule has 2 heterocycles. The molecule has 3 nitrogen and oxygen atoms in total. The van der Waals surface area contributed by atoms with Crippen molar-refractivity contribution in [3.63, 3.8) is 0 Å². The molecule has 0 aliphatic carbocycles. The summed E-state index contributed by atoms with van der Waals surface area (Å²) in [6.07, 6.45) is 1.77. The lowest BCUT2D eigenvalue weighted by molar-refractivity contribution is 0.0473. The Hall–Kier alpha value is -1.84. The van der Waals surface area contributed by atoms with Gasteiger partial charge < -0.3 is 9.14 Å². The quantitative estimate of drug-likeness (QED) is 0.721. The number of halogens is 1. The van der Waals surface area contributed by atoms with E-state index in [1.807, 2.05) is 24.3 Å². The highest BCUT2D eigenvalue weighted by molar-refractivity contribution is 5.89. The minimum absolute atomic E-state index is 0.196. The van der Waals surface area contributed by atoms with E-state index in [-0.39, 0.29) is 6.61 Å². The summed E-state index contributed by atoms with van der Waals surface area (Å²) in [6, 6.07) is 9.05. The highest BCUT2D eigenvalue weighted by Gasteiger charge is 2.11. The van der Waals surface area contributed by atoms with Crippen molar-refractivity contribution < 1.29 is 13.9 Å². The van der Waals surface area contributed by atoms with Crippen LogP contribution < -0.4 is 0 Å². The van der Waals surface area contributed by atoms with Crippen molar-refractivity contribution >= 4 is 11.5 Å². The first-order valence-electron chi connectivity index (χ1n) is 4.62. The number of nitrogens with zero attached hydrogens (tertiary/aromatic N) is 1. The number of rotatable bonds is 3. The molecule has 2 aromatic heterocycles. The number of fused-ring (bicyclic) bond motifs is 1. The summed E-state index contributed by atoms with van der Waals surface area (Å²) in [5.74, 6) is -0.501. The van der Waals surface area contributed by atoms with Gasteiger partial charge in [0.2, 0.25) is 0 Å². The Morgan fingerprint density at radius 2 is 2.20 bits per heavy atom. The number of ether oxygens (including phenoxy) is 1. The van der Waals surface area contributed by atoms with Crippen LogP contribution in [0.2, 0.25) is 0 Å². The van der Waals surface area contributed by atoms with E-state index in [1.165, 1.54) is 0 Å². The Morgan fingerprint density at radius 1 is 1.33 bits per heavy atom. The van der Waals surface area contributed by atoms with E-state index in [1.54, 1.807) is 16.7 Å². The maximum atomic E-state index is 11.8. The predicted molar refractivity (Wildman–Crippen MR) is 53.7 cm³/mol. The van der Waals surface area contributed by atoms with Crippen LogP contribution >= 0.6 is 0 Å². The third-order valence-corrected chi connectivity index (χ3v) is 2.08. The molecule has 0 amide bonds. The Bertz CT molecular complexity index is 478. The van der Waals surface area contributed by atoms with Crippen molar-refractivity contribution in [2.45, 2.75) is 0 Å². The van der Waals surface area contributed by atoms with Crippen LogP contribution in [0.3, 0.4) is 0 Å². The largest absolute Gasteiger partial charge is 0.458 e. The summed E-state index contributed by atoms with van der Waals surface area (Å²) in [5.41, 5.74) is 1.32. The van der Waals surface area contributed by atoms with Gasteiger partial charge in [-0.25, -0.2) is 9.18 Å². The lowest BCUT2D eigenvalue weighted by Crippen LogP contribution is -2.09. The van der Waals surface area contributed by atoms with Crippen molar-refractivity contribution in [1.82, 2.24) is 4.40 Å². The molecule has 0 radical (unpaired) electrons. The number of alkyl halides is 1. The first-order chi connectivity index (χ1) is 7.33. The van der Waals surface area contributed by atoms with Crippen LogP contribution in [0.5, 0.6) is 0 Å². The highest BCUT2D eigenvalue weighted by atomic mass is 19.1. The summed E-state index contributed by atoms with van der Waals surface area (Å²) >= 11 is 0. The number of aromatic nitrogens is 1. The van der Waals surface area contributed by atoms with Crippen molar-refractivity contribution in [2.75, 3.05) is 13.3 Å². The van der Waals surface area contributed by atoms with Gasteiger partial charge in [0.25, 0.3) is 0 Å². The molecule has 78 valence electrons. The van der Waals surface area contributed by atoms with Crippen LogP contribution in [-0.4, -0.2) is 23.7 Å². The van der Waals surface area contributed by atoms with Crippen LogP contribution in [0.4, 0.5) is 4.39 Å². The van der Waals surface area contributed by atoms with Gasteiger partial charge in [-0.2, -0.15) is 0 Å². The highest BCUT2D eigenvalue weighted by Crippen LogP contribution is 2.10. The molecule has 0 unspecified atom stereocenters. The molecule has 0 bridgehead atoms. The van der Waals surface area contributed by atoms with Gasteiger partial charge in [-0.05, 0) is 24.3 Å².